The maximum Gasteiger partial charge on any atom is 0.303 e. The van der Waals surface area contributed by atoms with E-state index < -0.39 is 5.97 Å². The van der Waals surface area contributed by atoms with Crippen LogP contribution in [0.4, 0.5) is 5.13 Å². The molecule has 26 heavy (non-hydrogen) atoms. The summed E-state index contributed by atoms with van der Waals surface area (Å²) in [4.78, 5) is 27.8. The molecule has 7 nitrogen and oxygen atoms in total. The van der Waals surface area contributed by atoms with Gasteiger partial charge in [0.25, 0.3) is 0 Å². The van der Waals surface area contributed by atoms with Crippen molar-refractivity contribution < 1.29 is 24.2 Å². The highest BCUT2D eigenvalue weighted by Gasteiger charge is 2.11. The van der Waals surface area contributed by atoms with Crippen molar-refractivity contribution in [2.45, 2.75) is 32.6 Å². The first-order valence-electron chi connectivity index (χ1n) is 8.22. The summed E-state index contributed by atoms with van der Waals surface area (Å²) in [5, 5.41) is 12.0. The topological polar surface area (TPSA) is 97.8 Å². The molecule has 2 aromatic rings. The predicted octanol–water partition coefficient (Wildman–Crippen LogP) is 3.28. The van der Waals surface area contributed by atoms with Crippen LogP contribution >= 0.6 is 11.3 Å². The van der Waals surface area contributed by atoms with Crippen LogP contribution in [0.5, 0.6) is 11.5 Å². The molecule has 8 heteroatoms. The number of aryl methyl sites for hydroxylation is 2. The van der Waals surface area contributed by atoms with Crippen LogP contribution in [0.15, 0.2) is 24.3 Å². The Kier molecular flexibility index (Phi) is 7.40. The van der Waals surface area contributed by atoms with Gasteiger partial charge in [0.1, 0.15) is 11.5 Å². The minimum atomic E-state index is -0.847. The summed E-state index contributed by atoms with van der Waals surface area (Å²) >= 11 is 1.32. The number of carboxylic acids is 1. The molecule has 0 unspecified atom stereocenters. The average Bonchev–Trinajstić information content (AvgIpc) is 2.96. The first kappa shape index (κ1) is 19.7. The molecule has 0 aliphatic heterocycles. The maximum atomic E-state index is 12.0. The van der Waals surface area contributed by atoms with Gasteiger partial charge in [0.15, 0.2) is 5.13 Å². The van der Waals surface area contributed by atoms with Crippen LogP contribution < -0.4 is 14.8 Å². The summed E-state index contributed by atoms with van der Waals surface area (Å²) in [6.07, 6.45) is 1.37. The SMILES string of the molecule is COc1ccc(OCCCC(=O)Nc2nc(C)c(CCC(=O)O)s2)cc1. The van der Waals surface area contributed by atoms with E-state index in [1.165, 1.54) is 11.3 Å². The molecule has 0 atom stereocenters. The number of thiazole rings is 1. The van der Waals surface area contributed by atoms with Gasteiger partial charge in [-0.1, -0.05) is 0 Å². The number of hydrogen-bond donors (Lipinski definition) is 2. The number of aliphatic carboxylic acids is 1. The van der Waals surface area contributed by atoms with Crippen molar-refractivity contribution in [2.24, 2.45) is 0 Å². The standard InChI is InChI=1S/C18H22N2O5S/c1-12-15(9-10-17(22)23)26-18(19-12)20-16(21)4-3-11-25-14-7-5-13(24-2)6-8-14/h5-8H,3-4,9-11H2,1-2H3,(H,22,23)(H,19,20,21). The Labute approximate surface area is 156 Å². The zero-order chi connectivity index (χ0) is 18.9. The Morgan fingerprint density at radius 1 is 1.19 bits per heavy atom. The van der Waals surface area contributed by atoms with Gasteiger partial charge in [0.05, 0.1) is 25.8 Å². The minimum absolute atomic E-state index is 0.0547. The molecule has 1 aromatic heterocycles. The Morgan fingerprint density at radius 2 is 1.88 bits per heavy atom. The van der Waals surface area contributed by atoms with E-state index in [0.717, 1.165) is 22.1 Å². The number of nitrogens with zero attached hydrogens (tertiary/aromatic N) is 1. The molecule has 0 saturated heterocycles. The zero-order valence-corrected chi connectivity index (χ0v) is 15.6. The summed E-state index contributed by atoms with van der Waals surface area (Å²) in [5.74, 6) is 0.505. The molecule has 1 amide bonds. The van der Waals surface area contributed by atoms with Gasteiger partial charge < -0.3 is 19.9 Å². The highest BCUT2D eigenvalue weighted by Crippen LogP contribution is 2.24. The molecule has 1 heterocycles. The summed E-state index contributed by atoms with van der Waals surface area (Å²) in [6, 6.07) is 7.26. The number of rotatable bonds is 10. The van der Waals surface area contributed by atoms with Crippen LogP contribution in [-0.2, 0) is 16.0 Å². The summed E-state index contributed by atoms with van der Waals surface area (Å²) in [6.45, 7) is 2.24. The fourth-order valence-electron chi connectivity index (χ4n) is 2.21. The number of methoxy groups -OCH3 is 1. The lowest BCUT2D eigenvalue weighted by molar-refractivity contribution is -0.137. The van der Waals surface area contributed by atoms with Crippen molar-refractivity contribution in [2.75, 3.05) is 19.0 Å². The second kappa shape index (κ2) is 9.76. The third-order valence-electron chi connectivity index (χ3n) is 3.58. The van der Waals surface area contributed by atoms with Gasteiger partial charge in [0.2, 0.25) is 5.91 Å². The van der Waals surface area contributed by atoms with E-state index >= 15 is 0 Å². The van der Waals surface area contributed by atoms with Crippen molar-refractivity contribution in [3.63, 3.8) is 0 Å². The van der Waals surface area contributed by atoms with Crippen molar-refractivity contribution in [3.05, 3.63) is 34.8 Å². The highest BCUT2D eigenvalue weighted by molar-refractivity contribution is 7.15. The number of carbonyl (C=O) groups is 2. The second-order valence-corrected chi connectivity index (χ2v) is 6.68. The van der Waals surface area contributed by atoms with Gasteiger partial charge in [0, 0.05) is 11.3 Å². The molecule has 0 radical (unpaired) electrons. The smallest absolute Gasteiger partial charge is 0.303 e. The number of nitrogens with one attached hydrogen (secondary N) is 1. The Balaban J connectivity index is 1.71. The monoisotopic (exact) mass is 378 g/mol. The Bertz CT molecular complexity index is 743. The molecule has 140 valence electrons. The number of amides is 1. The molecule has 0 spiro atoms. The molecule has 0 fully saturated rings. The molecule has 0 saturated carbocycles. The molecular formula is C18H22N2O5S. The summed E-state index contributed by atoms with van der Waals surface area (Å²) in [5.41, 5.74) is 0.759. The van der Waals surface area contributed by atoms with Crippen LogP contribution in [0, 0.1) is 6.92 Å². The number of anilines is 1. The van der Waals surface area contributed by atoms with E-state index in [4.69, 9.17) is 14.6 Å². The van der Waals surface area contributed by atoms with Crippen LogP contribution in [-0.4, -0.2) is 35.7 Å². The lowest BCUT2D eigenvalue weighted by Gasteiger charge is -2.07. The van der Waals surface area contributed by atoms with E-state index in [1.54, 1.807) is 7.11 Å². The van der Waals surface area contributed by atoms with Gasteiger partial charge in [-0.05, 0) is 44.0 Å². The molecule has 0 bridgehead atoms. The lowest BCUT2D eigenvalue weighted by atomic mass is 10.2. The summed E-state index contributed by atoms with van der Waals surface area (Å²) < 4.78 is 10.7. The van der Waals surface area contributed by atoms with E-state index in [1.807, 2.05) is 31.2 Å². The molecular weight excluding hydrogens is 356 g/mol. The predicted molar refractivity (Wildman–Crippen MR) is 99.2 cm³/mol. The van der Waals surface area contributed by atoms with Gasteiger partial charge in [-0.3, -0.25) is 9.59 Å². The van der Waals surface area contributed by atoms with Gasteiger partial charge in [-0.2, -0.15) is 0 Å². The summed E-state index contributed by atoms with van der Waals surface area (Å²) in [7, 11) is 1.60. The molecule has 0 aliphatic rings. The van der Waals surface area contributed by atoms with Crippen LogP contribution in [0.1, 0.15) is 29.8 Å². The fraction of sp³-hybridized carbons (Fsp3) is 0.389. The highest BCUT2D eigenvalue weighted by atomic mass is 32.1. The first-order valence-corrected chi connectivity index (χ1v) is 9.04. The third-order valence-corrected chi connectivity index (χ3v) is 4.71. The Morgan fingerprint density at radius 3 is 2.54 bits per heavy atom. The first-order chi connectivity index (χ1) is 12.5. The molecule has 0 aliphatic carbocycles. The van der Waals surface area contributed by atoms with Crippen LogP contribution in [0.2, 0.25) is 0 Å². The zero-order valence-electron chi connectivity index (χ0n) is 14.8. The number of benzene rings is 1. The second-order valence-electron chi connectivity index (χ2n) is 5.60. The fourth-order valence-corrected chi connectivity index (χ4v) is 3.19. The van der Waals surface area contributed by atoms with Crippen LogP contribution in [0.25, 0.3) is 0 Å². The number of aromatic nitrogens is 1. The van der Waals surface area contributed by atoms with Gasteiger partial charge in [-0.25, -0.2) is 4.98 Å². The van der Waals surface area contributed by atoms with E-state index in [0.29, 0.717) is 31.0 Å². The van der Waals surface area contributed by atoms with Gasteiger partial charge >= 0.3 is 5.97 Å². The van der Waals surface area contributed by atoms with E-state index in [9.17, 15) is 9.59 Å². The lowest BCUT2D eigenvalue weighted by Crippen LogP contribution is -2.12. The Hall–Kier alpha value is -2.61. The largest absolute Gasteiger partial charge is 0.497 e. The van der Waals surface area contributed by atoms with Crippen molar-refractivity contribution in [1.82, 2.24) is 4.98 Å². The minimum Gasteiger partial charge on any atom is -0.497 e. The maximum absolute atomic E-state index is 12.0. The normalized spacial score (nSPS) is 10.4. The quantitative estimate of drug-likeness (QED) is 0.616. The van der Waals surface area contributed by atoms with Crippen molar-refractivity contribution in [3.8, 4) is 11.5 Å². The van der Waals surface area contributed by atoms with Crippen molar-refractivity contribution in [1.29, 1.82) is 0 Å². The van der Waals surface area contributed by atoms with E-state index in [-0.39, 0.29) is 12.3 Å². The average molecular weight is 378 g/mol. The van der Waals surface area contributed by atoms with Crippen LogP contribution in [0.3, 0.4) is 0 Å². The molecule has 2 N–H and O–H groups in total. The molecule has 2 rings (SSSR count). The van der Waals surface area contributed by atoms with Crippen molar-refractivity contribution >= 4 is 28.3 Å². The number of carboxylic acid groups (broad SMARTS) is 1. The number of hydrogen-bond acceptors (Lipinski definition) is 6. The van der Waals surface area contributed by atoms with Gasteiger partial charge in [-0.15, -0.1) is 11.3 Å². The number of carbonyl (C=O) groups excluding carboxylic acids is 1. The molecule has 1 aromatic carbocycles. The third kappa shape index (κ3) is 6.36. The number of ether oxygens (including phenoxy) is 2. The van der Waals surface area contributed by atoms with E-state index in [2.05, 4.69) is 10.3 Å².